The number of imide groups is 1. The van der Waals surface area contributed by atoms with E-state index in [2.05, 4.69) is 23.1 Å². The molecule has 0 radical (unpaired) electrons. The van der Waals surface area contributed by atoms with E-state index in [1.54, 1.807) is 32.1 Å². The lowest BCUT2D eigenvalue weighted by molar-refractivity contribution is -0.124. The molecule has 1 unspecified atom stereocenters. The molecule has 1 aromatic rings. The van der Waals surface area contributed by atoms with Crippen molar-refractivity contribution in [2.75, 3.05) is 25.0 Å². The second-order valence-corrected chi connectivity index (χ2v) is 8.77. The number of amides is 5. The molecule has 1 aliphatic rings. The van der Waals surface area contributed by atoms with Crippen molar-refractivity contribution in [2.24, 2.45) is 5.92 Å². The zero-order valence-corrected chi connectivity index (χ0v) is 21.5. The summed E-state index contributed by atoms with van der Waals surface area (Å²) in [4.78, 5) is 52.9. The quantitative estimate of drug-likeness (QED) is 0.400. The number of anilines is 1. The van der Waals surface area contributed by atoms with Crippen molar-refractivity contribution in [1.82, 2.24) is 15.1 Å². The Kier molecular flexibility index (Phi) is 10.7. The summed E-state index contributed by atoms with van der Waals surface area (Å²) in [6, 6.07) is 5.99. The second kappa shape index (κ2) is 13.7. The van der Waals surface area contributed by atoms with E-state index >= 15 is 0 Å². The third kappa shape index (κ3) is 8.38. The normalized spacial score (nSPS) is 17.1. The van der Waals surface area contributed by atoms with Gasteiger partial charge in [0.25, 0.3) is 5.91 Å². The molecule has 10 heteroatoms. The average molecular weight is 522 g/mol. The number of carbonyl (C=O) groups excluding carboxylic acids is 4. The maximum atomic E-state index is 12.8. The van der Waals surface area contributed by atoms with E-state index in [-0.39, 0.29) is 60.8 Å². The highest BCUT2D eigenvalue weighted by Crippen LogP contribution is 2.21. The zero-order chi connectivity index (χ0) is 27.5. The van der Waals surface area contributed by atoms with Gasteiger partial charge in [0, 0.05) is 42.9 Å². The van der Waals surface area contributed by atoms with Gasteiger partial charge in [0.2, 0.25) is 11.8 Å². The molecule has 1 atom stereocenters. The van der Waals surface area contributed by atoms with E-state index < -0.39 is 11.9 Å². The Morgan fingerprint density at radius 1 is 1.24 bits per heavy atom. The summed E-state index contributed by atoms with van der Waals surface area (Å²) < 4.78 is 0. The highest BCUT2D eigenvalue weighted by atomic mass is 35.5. The first-order valence-corrected chi connectivity index (χ1v) is 11.9. The summed E-state index contributed by atoms with van der Waals surface area (Å²) in [6.45, 7) is 7.45. The number of likely N-dealkylation sites (N-methyl/N-ethyl adjacent to an activating group) is 1. The Labute approximate surface area is 221 Å². The number of nitrogens with zero attached hydrogens (tertiary/aromatic N) is 3. The maximum absolute atomic E-state index is 12.8. The van der Waals surface area contributed by atoms with Gasteiger partial charge >= 0.3 is 6.03 Å². The summed E-state index contributed by atoms with van der Waals surface area (Å²) in [7, 11) is 0. The minimum Gasteiger partial charge on any atom is -0.326 e. The lowest BCUT2D eigenvalue weighted by Gasteiger charge is -2.27. The molecule has 0 bridgehead atoms. The number of rotatable bonds is 8. The molecule has 0 saturated carbocycles. The maximum Gasteiger partial charge on any atom is 0.328 e. The van der Waals surface area contributed by atoms with Crippen molar-refractivity contribution in [3.05, 3.63) is 64.9 Å². The first kappa shape index (κ1) is 28.9. The molecule has 0 fully saturated rings. The smallest absolute Gasteiger partial charge is 0.326 e. The SMILES string of the molecule is C#CCN1C/C=C\C(NC(=O)CC(C)CC(=O)Nc2ccc(C#N)c(Cl)c2)=C/C(=C)C(=O)N(CC)C1=O. The number of urea groups is 1. The predicted octanol–water partition coefficient (Wildman–Crippen LogP) is 3.60. The largest absolute Gasteiger partial charge is 0.328 e. The standard InChI is InChI=1S/C27H28ClN5O4/c1-5-11-32-12-7-8-21(15-19(4)26(36)33(6-2)27(32)37)30-24(34)13-18(3)14-25(35)31-22-10-9-20(17-29)23(28)16-22/h1,7-10,15-16,18H,4,6,11-14H2,2-3H3,(H,30,34)(H,31,35)/b8-7-,21-15+. The number of hydrogen-bond acceptors (Lipinski definition) is 5. The van der Waals surface area contributed by atoms with Gasteiger partial charge in [-0.25, -0.2) is 4.79 Å². The van der Waals surface area contributed by atoms with Gasteiger partial charge in [-0.3, -0.25) is 19.3 Å². The Balaban J connectivity index is 2.03. The van der Waals surface area contributed by atoms with Gasteiger partial charge in [-0.2, -0.15) is 5.26 Å². The van der Waals surface area contributed by atoms with Crippen molar-refractivity contribution in [2.45, 2.75) is 26.7 Å². The van der Waals surface area contributed by atoms with Crippen molar-refractivity contribution in [3.8, 4) is 18.4 Å². The fraction of sp³-hybridized carbons (Fsp3) is 0.296. The summed E-state index contributed by atoms with van der Waals surface area (Å²) in [6.07, 6.45) is 10.1. The van der Waals surface area contributed by atoms with E-state index in [0.29, 0.717) is 16.9 Å². The summed E-state index contributed by atoms with van der Waals surface area (Å²) >= 11 is 5.99. The van der Waals surface area contributed by atoms with Crippen LogP contribution in [0.3, 0.4) is 0 Å². The molecule has 9 nitrogen and oxygen atoms in total. The molecule has 0 aliphatic carbocycles. The molecule has 2 rings (SSSR count). The summed E-state index contributed by atoms with van der Waals surface area (Å²) in [5.41, 5.74) is 1.09. The number of nitrogens with one attached hydrogen (secondary N) is 2. The Morgan fingerprint density at radius 2 is 1.92 bits per heavy atom. The van der Waals surface area contributed by atoms with E-state index in [1.807, 2.05) is 6.07 Å². The summed E-state index contributed by atoms with van der Waals surface area (Å²) in [5, 5.41) is 14.6. The minimum atomic E-state index is -0.593. The van der Waals surface area contributed by atoms with Gasteiger partial charge in [0.1, 0.15) is 6.07 Å². The van der Waals surface area contributed by atoms with E-state index in [0.717, 1.165) is 4.90 Å². The Hall–Kier alpha value is -4.34. The molecule has 0 aromatic heterocycles. The van der Waals surface area contributed by atoms with Crippen LogP contribution < -0.4 is 10.6 Å². The number of allylic oxidation sites excluding steroid dienone is 1. The third-order valence-electron chi connectivity index (χ3n) is 5.30. The molecule has 37 heavy (non-hydrogen) atoms. The van der Waals surface area contributed by atoms with Crippen molar-refractivity contribution in [1.29, 1.82) is 5.26 Å². The first-order valence-electron chi connectivity index (χ1n) is 11.5. The third-order valence-corrected chi connectivity index (χ3v) is 5.61. The topological polar surface area (TPSA) is 123 Å². The van der Waals surface area contributed by atoms with E-state index in [1.165, 1.54) is 23.1 Å². The molecule has 1 aromatic carbocycles. The molecule has 192 valence electrons. The molecule has 1 aliphatic heterocycles. The number of nitriles is 1. The van der Waals surface area contributed by atoms with Crippen LogP contribution in [0.5, 0.6) is 0 Å². The lowest BCUT2D eigenvalue weighted by atomic mass is 10.0. The van der Waals surface area contributed by atoms with Crippen molar-refractivity contribution >= 4 is 41.0 Å². The molecule has 0 saturated heterocycles. The lowest BCUT2D eigenvalue weighted by Crippen LogP contribution is -2.47. The van der Waals surface area contributed by atoms with Crippen molar-refractivity contribution < 1.29 is 19.2 Å². The number of carbonyl (C=O) groups is 4. The number of hydrogen-bond donors (Lipinski definition) is 2. The van der Waals surface area contributed by atoms with Gasteiger partial charge in [-0.15, -0.1) is 6.42 Å². The Bertz CT molecular complexity index is 1240. The minimum absolute atomic E-state index is 0.0130. The number of terminal acetylenes is 1. The van der Waals surface area contributed by atoms with E-state index in [4.69, 9.17) is 23.3 Å². The molecule has 5 amide bonds. The fourth-order valence-corrected chi connectivity index (χ4v) is 3.75. The molecule has 1 heterocycles. The monoisotopic (exact) mass is 521 g/mol. The summed E-state index contributed by atoms with van der Waals surface area (Å²) in [5.74, 6) is 0.832. The highest BCUT2D eigenvalue weighted by molar-refractivity contribution is 6.32. The number of halogens is 1. The van der Waals surface area contributed by atoms with Crippen LogP contribution in [0.2, 0.25) is 5.02 Å². The molecule has 2 N–H and O–H groups in total. The van der Waals surface area contributed by atoms with Gasteiger partial charge in [0.15, 0.2) is 0 Å². The fourth-order valence-electron chi connectivity index (χ4n) is 3.53. The van der Waals surface area contributed by atoms with Gasteiger partial charge in [-0.05, 0) is 43.2 Å². The van der Waals surface area contributed by atoms with Crippen LogP contribution >= 0.6 is 11.6 Å². The second-order valence-electron chi connectivity index (χ2n) is 8.36. The van der Waals surface area contributed by atoms with Gasteiger partial charge in [-0.1, -0.05) is 37.1 Å². The van der Waals surface area contributed by atoms with Crippen LogP contribution in [0.25, 0.3) is 0 Å². The number of benzene rings is 1. The Morgan fingerprint density at radius 3 is 2.51 bits per heavy atom. The van der Waals surface area contributed by atoms with Crippen LogP contribution in [0.4, 0.5) is 10.5 Å². The predicted molar refractivity (Wildman–Crippen MR) is 141 cm³/mol. The van der Waals surface area contributed by atoms with Crippen LogP contribution in [0.1, 0.15) is 32.3 Å². The zero-order valence-electron chi connectivity index (χ0n) is 20.7. The highest BCUT2D eigenvalue weighted by Gasteiger charge is 2.26. The van der Waals surface area contributed by atoms with Gasteiger partial charge < -0.3 is 15.5 Å². The van der Waals surface area contributed by atoms with Crippen LogP contribution in [-0.4, -0.2) is 53.2 Å². The van der Waals surface area contributed by atoms with Crippen LogP contribution in [0, 0.1) is 29.6 Å². The van der Waals surface area contributed by atoms with Crippen LogP contribution in [-0.2, 0) is 14.4 Å². The molecule has 0 spiro atoms. The van der Waals surface area contributed by atoms with Crippen LogP contribution in [0.15, 0.2) is 54.3 Å². The average Bonchev–Trinajstić information content (AvgIpc) is 2.82. The first-order chi connectivity index (χ1) is 17.6. The van der Waals surface area contributed by atoms with Gasteiger partial charge in [0.05, 0.1) is 17.1 Å². The van der Waals surface area contributed by atoms with E-state index in [9.17, 15) is 19.2 Å². The molecular formula is C27H28ClN5O4. The van der Waals surface area contributed by atoms with Crippen molar-refractivity contribution in [3.63, 3.8) is 0 Å². The molecular weight excluding hydrogens is 494 g/mol.